The molecule has 3 rings (SSSR count). The molecule has 0 spiro atoms. The molecule has 2 heterocycles. The summed E-state index contributed by atoms with van der Waals surface area (Å²) in [4.78, 5) is 16.6. The van der Waals surface area contributed by atoms with E-state index in [9.17, 15) is 4.79 Å². The van der Waals surface area contributed by atoms with Gasteiger partial charge in [-0.1, -0.05) is 11.6 Å². The predicted molar refractivity (Wildman–Crippen MR) is 93.3 cm³/mol. The van der Waals surface area contributed by atoms with Gasteiger partial charge in [0.2, 0.25) is 0 Å². The van der Waals surface area contributed by atoms with E-state index in [-0.39, 0.29) is 5.91 Å². The SMILES string of the molecule is CC(Oc1ccc(C#N)cc1)C(=O)NCc1cn2cc(Cl)ccc2n1. The van der Waals surface area contributed by atoms with Crippen LogP contribution in [-0.4, -0.2) is 21.4 Å². The molecule has 1 aromatic carbocycles. The van der Waals surface area contributed by atoms with Gasteiger partial charge in [0.05, 0.1) is 28.9 Å². The fourth-order valence-electron chi connectivity index (χ4n) is 2.29. The zero-order valence-corrected chi connectivity index (χ0v) is 14.2. The fourth-order valence-corrected chi connectivity index (χ4v) is 2.46. The molecular weight excluding hydrogens is 340 g/mol. The Hall–Kier alpha value is -3.04. The number of pyridine rings is 1. The monoisotopic (exact) mass is 354 g/mol. The lowest BCUT2D eigenvalue weighted by atomic mass is 10.2. The van der Waals surface area contributed by atoms with E-state index in [1.807, 2.05) is 18.3 Å². The normalized spacial score (nSPS) is 11.7. The van der Waals surface area contributed by atoms with Crippen molar-refractivity contribution >= 4 is 23.2 Å². The minimum Gasteiger partial charge on any atom is -0.481 e. The van der Waals surface area contributed by atoms with Crippen molar-refractivity contribution in [1.29, 1.82) is 5.26 Å². The van der Waals surface area contributed by atoms with Gasteiger partial charge in [0, 0.05) is 12.4 Å². The van der Waals surface area contributed by atoms with E-state index in [0.29, 0.717) is 22.9 Å². The van der Waals surface area contributed by atoms with Crippen LogP contribution in [-0.2, 0) is 11.3 Å². The van der Waals surface area contributed by atoms with Gasteiger partial charge in [-0.25, -0.2) is 4.98 Å². The number of carbonyl (C=O) groups is 1. The number of hydrogen-bond acceptors (Lipinski definition) is 4. The molecule has 0 aliphatic carbocycles. The summed E-state index contributed by atoms with van der Waals surface area (Å²) in [6.45, 7) is 1.95. The van der Waals surface area contributed by atoms with Crippen molar-refractivity contribution in [2.45, 2.75) is 19.6 Å². The van der Waals surface area contributed by atoms with Crippen LogP contribution in [0.3, 0.4) is 0 Å². The van der Waals surface area contributed by atoms with Crippen molar-refractivity contribution in [2.75, 3.05) is 0 Å². The highest BCUT2D eigenvalue weighted by atomic mass is 35.5. The molecule has 0 saturated carbocycles. The second-order valence-corrected chi connectivity index (χ2v) is 5.90. The lowest BCUT2D eigenvalue weighted by Crippen LogP contribution is -2.35. The van der Waals surface area contributed by atoms with E-state index in [1.165, 1.54) is 0 Å². The van der Waals surface area contributed by atoms with Gasteiger partial charge in [0.1, 0.15) is 11.4 Å². The van der Waals surface area contributed by atoms with E-state index in [4.69, 9.17) is 21.6 Å². The number of imidazole rings is 1. The summed E-state index contributed by atoms with van der Waals surface area (Å²) in [5.41, 5.74) is 2.02. The van der Waals surface area contributed by atoms with Crippen molar-refractivity contribution in [2.24, 2.45) is 0 Å². The van der Waals surface area contributed by atoms with Gasteiger partial charge in [-0.3, -0.25) is 4.79 Å². The average molecular weight is 355 g/mol. The Morgan fingerprint density at radius 2 is 2.08 bits per heavy atom. The molecule has 1 N–H and O–H groups in total. The predicted octanol–water partition coefficient (Wildman–Crippen LogP) is 2.94. The number of aromatic nitrogens is 2. The average Bonchev–Trinajstić information content (AvgIpc) is 3.02. The van der Waals surface area contributed by atoms with Gasteiger partial charge in [-0.05, 0) is 43.3 Å². The quantitative estimate of drug-likeness (QED) is 0.764. The number of halogens is 1. The smallest absolute Gasteiger partial charge is 0.261 e. The summed E-state index contributed by atoms with van der Waals surface area (Å²) >= 11 is 5.94. The first kappa shape index (κ1) is 16.8. The third-order valence-corrected chi connectivity index (χ3v) is 3.80. The van der Waals surface area contributed by atoms with Crippen LogP contribution in [0, 0.1) is 11.3 Å². The molecule has 2 aromatic heterocycles. The van der Waals surface area contributed by atoms with E-state index < -0.39 is 6.10 Å². The van der Waals surface area contributed by atoms with Gasteiger partial charge in [-0.15, -0.1) is 0 Å². The van der Waals surface area contributed by atoms with Crippen LogP contribution in [0.15, 0.2) is 48.8 Å². The maximum atomic E-state index is 12.2. The molecule has 0 radical (unpaired) electrons. The molecular formula is C18H15ClN4O2. The zero-order chi connectivity index (χ0) is 17.8. The number of nitrogens with one attached hydrogen (secondary N) is 1. The van der Waals surface area contributed by atoms with Crippen molar-refractivity contribution in [1.82, 2.24) is 14.7 Å². The molecule has 3 aromatic rings. The van der Waals surface area contributed by atoms with Crippen LogP contribution >= 0.6 is 11.6 Å². The number of fused-ring (bicyclic) bond motifs is 1. The van der Waals surface area contributed by atoms with E-state index in [1.54, 1.807) is 47.9 Å². The van der Waals surface area contributed by atoms with Gasteiger partial charge in [0.15, 0.2) is 6.10 Å². The van der Waals surface area contributed by atoms with Crippen LogP contribution in [0.25, 0.3) is 5.65 Å². The molecule has 0 bridgehead atoms. The van der Waals surface area contributed by atoms with Gasteiger partial charge < -0.3 is 14.5 Å². The third-order valence-electron chi connectivity index (χ3n) is 3.57. The molecule has 0 aliphatic rings. The van der Waals surface area contributed by atoms with Crippen LogP contribution in [0.1, 0.15) is 18.2 Å². The molecule has 1 amide bonds. The van der Waals surface area contributed by atoms with Crippen molar-refractivity contribution in [3.8, 4) is 11.8 Å². The van der Waals surface area contributed by atoms with Crippen LogP contribution < -0.4 is 10.1 Å². The Bertz CT molecular complexity index is 944. The summed E-state index contributed by atoms with van der Waals surface area (Å²) in [7, 11) is 0. The number of nitriles is 1. The summed E-state index contributed by atoms with van der Waals surface area (Å²) in [6, 6.07) is 12.2. The molecule has 6 nitrogen and oxygen atoms in total. The minimum atomic E-state index is -0.667. The molecule has 0 saturated heterocycles. The molecule has 1 atom stereocenters. The van der Waals surface area contributed by atoms with Crippen LogP contribution in [0.5, 0.6) is 5.75 Å². The largest absolute Gasteiger partial charge is 0.481 e. The Morgan fingerprint density at radius 1 is 1.32 bits per heavy atom. The maximum absolute atomic E-state index is 12.2. The van der Waals surface area contributed by atoms with Crippen molar-refractivity contribution < 1.29 is 9.53 Å². The molecule has 126 valence electrons. The van der Waals surface area contributed by atoms with Crippen molar-refractivity contribution in [3.63, 3.8) is 0 Å². The second-order valence-electron chi connectivity index (χ2n) is 5.46. The number of hydrogen-bond donors (Lipinski definition) is 1. The second kappa shape index (κ2) is 7.24. The Balaban J connectivity index is 1.57. The number of amides is 1. The highest BCUT2D eigenvalue weighted by Crippen LogP contribution is 2.14. The molecule has 1 unspecified atom stereocenters. The van der Waals surface area contributed by atoms with Crippen LogP contribution in [0.4, 0.5) is 0 Å². The van der Waals surface area contributed by atoms with Gasteiger partial charge in [0.25, 0.3) is 5.91 Å². The first-order valence-corrected chi connectivity index (χ1v) is 8.00. The number of rotatable bonds is 5. The number of ether oxygens (including phenoxy) is 1. The Morgan fingerprint density at radius 3 is 2.80 bits per heavy atom. The zero-order valence-electron chi connectivity index (χ0n) is 13.4. The third kappa shape index (κ3) is 4.08. The van der Waals surface area contributed by atoms with E-state index in [2.05, 4.69) is 10.3 Å². The van der Waals surface area contributed by atoms with Crippen molar-refractivity contribution in [3.05, 3.63) is 65.1 Å². The molecule has 0 fully saturated rings. The summed E-state index contributed by atoms with van der Waals surface area (Å²) < 4.78 is 7.38. The maximum Gasteiger partial charge on any atom is 0.261 e. The first-order valence-electron chi connectivity index (χ1n) is 7.63. The molecule has 25 heavy (non-hydrogen) atoms. The minimum absolute atomic E-state index is 0.251. The fraction of sp³-hybridized carbons (Fsp3) is 0.167. The first-order chi connectivity index (χ1) is 12.0. The number of nitrogens with zero attached hydrogens (tertiary/aromatic N) is 3. The summed E-state index contributed by atoms with van der Waals surface area (Å²) in [6.07, 6.45) is 2.90. The Kier molecular flexibility index (Phi) is 4.87. The lowest BCUT2D eigenvalue weighted by Gasteiger charge is -2.14. The number of benzene rings is 1. The Labute approximate surface area is 149 Å². The number of carbonyl (C=O) groups excluding carboxylic acids is 1. The highest BCUT2D eigenvalue weighted by Gasteiger charge is 2.15. The summed E-state index contributed by atoms with van der Waals surface area (Å²) in [5, 5.41) is 12.2. The van der Waals surface area contributed by atoms with E-state index >= 15 is 0 Å². The summed E-state index contributed by atoms with van der Waals surface area (Å²) in [5.74, 6) is 0.281. The van der Waals surface area contributed by atoms with Gasteiger partial charge >= 0.3 is 0 Å². The lowest BCUT2D eigenvalue weighted by molar-refractivity contribution is -0.127. The standard InChI is InChI=1S/C18H15ClN4O2/c1-12(25-16-5-2-13(8-20)3-6-16)18(24)21-9-15-11-23-10-14(19)4-7-17(23)22-15/h2-7,10-12H,9H2,1H3,(H,21,24). The van der Waals surface area contributed by atoms with Gasteiger partial charge in [-0.2, -0.15) is 5.26 Å². The van der Waals surface area contributed by atoms with E-state index in [0.717, 1.165) is 11.3 Å². The van der Waals surface area contributed by atoms with Crippen LogP contribution in [0.2, 0.25) is 5.02 Å². The topological polar surface area (TPSA) is 79.4 Å². The highest BCUT2D eigenvalue weighted by molar-refractivity contribution is 6.30. The molecule has 7 heteroatoms. The molecule has 0 aliphatic heterocycles.